The van der Waals surface area contributed by atoms with E-state index >= 15 is 0 Å². The highest BCUT2D eigenvalue weighted by molar-refractivity contribution is 6.06. The first kappa shape index (κ1) is 12.9. The van der Waals surface area contributed by atoms with Gasteiger partial charge in [-0.15, -0.1) is 0 Å². The maximum atomic E-state index is 12.0. The van der Waals surface area contributed by atoms with Crippen molar-refractivity contribution in [1.29, 1.82) is 0 Å². The van der Waals surface area contributed by atoms with E-state index in [1.165, 1.54) is 7.05 Å². The number of likely N-dealkylation sites (N-methyl/N-ethyl adjacent to an activating group) is 1. The van der Waals surface area contributed by atoms with Crippen LogP contribution in [0.4, 0.5) is 4.79 Å². The van der Waals surface area contributed by atoms with Crippen LogP contribution in [-0.4, -0.2) is 53.8 Å². The SMILES string of the molecule is CC1CCN(C(=O)NC2CC(=O)N(C)C2=O)CC1. The minimum absolute atomic E-state index is 0.0747. The van der Waals surface area contributed by atoms with Crippen LogP contribution >= 0.6 is 0 Å². The Labute approximate surface area is 106 Å². The van der Waals surface area contributed by atoms with Crippen LogP contribution in [0, 0.1) is 5.92 Å². The van der Waals surface area contributed by atoms with Crippen molar-refractivity contribution < 1.29 is 14.4 Å². The summed E-state index contributed by atoms with van der Waals surface area (Å²) >= 11 is 0. The Hall–Kier alpha value is -1.59. The summed E-state index contributed by atoms with van der Waals surface area (Å²) in [5, 5.41) is 2.65. The Morgan fingerprint density at radius 3 is 2.39 bits per heavy atom. The number of carbonyl (C=O) groups is 3. The molecule has 2 aliphatic heterocycles. The minimum atomic E-state index is -0.686. The number of piperidine rings is 1. The quantitative estimate of drug-likeness (QED) is 0.678. The summed E-state index contributed by atoms with van der Waals surface area (Å²) in [4.78, 5) is 37.7. The van der Waals surface area contributed by atoms with Crippen molar-refractivity contribution in [3.8, 4) is 0 Å². The molecule has 0 aromatic heterocycles. The molecule has 0 aromatic rings. The van der Waals surface area contributed by atoms with Gasteiger partial charge in [0.1, 0.15) is 6.04 Å². The van der Waals surface area contributed by atoms with Crippen molar-refractivity contribution in [2.24, 2.45) is 5.92 Å². The van der Waals surface area contributed by atoms with Crippen molar-refractivity contribution >= 4 is 17.8 Å². The van der Waals surface area contributed by atoms with Gasteiger partial charge in [-0.3, -0.25) is 14.5 Å². The average Bonchev–Trinajstić information content (AvgIpc) is 2.58. The lowest BCUT2D eigenvalue weighted by Gasteiger charge is -2.31. The highest BCUT2D eigenvalue weighted by atomic mass is 16.2. The molecule has 0 aliphatic carbocycles. The monoisotopic (exact) mass is 253 g/mol. The molecule has 1 N–H and O–H groups in total. The Morgan fingerprint density at radius 2 is 1.89 bits per heavy atom. The van der Waals surface area contributed by atoms with Crippen molar-refractivity contribution in [1.82, 2.24) is 15.1 Å². The van der Waals surface area contributed by atoms with E-state index in [4.69, 9.17) is 0 Å². The summed E-state index contributed by atoms with van der Waals surface area (Å²) in [5.41, 5.74) is 0. The zero-order valence-corrected chi connectivity index (χ0v) is 10.8. The van der Waals surface area contributed by atoms with Crippen molar-refractivity contribution in [2.45, 2.75) is 32.2 Å². The highest BCUT2D eigenvalue weighted by Gasteiger charge is 2.37. The Balaban J connectivity index is 1.88. The maximum Gasteiger partial charge on any atom is 0.318 e. The van der Waals surface area contributed by atoms with Gasteiger partial charge in [-0.25, -0.2) is 4.79 Å². The summed E-state index contributed by atoms with van der Waals surface area (Å²) in [5.74, 6) is 0.0890. The summed E-state index contributed by atoms with van der Waals surface area (Å²) in [6, 6.07) is -0.919. The number of urea groups is 1. The average molecular weight is 253 g/mol. The Kier molecular flexibility index (Phi) is 3.54. The molecule has 0 spiro atoms. The molecule has 0 aromatic carbocycles. The van der Waals surface area contributed by atoms with Crippen LogP contribution in [0.15, 0.2) is 0 Å². The molecule has 2 fully saturated rings. The van der Waals surface area contributed by atoms with Gasteiger partial charge in [-0.05, 0) is 18.8 Å². The van der Waals surface area contributed by atoms with Gasteiger partial charge in [0.05, 0.1) is 6.42 Å². The van der Waals surface area contributed by atoms with Crippen molar-refractivity contribution in [3.63, 3.8) is 0 Å². The van der Waals surface area contributed by atoms with Gasteiger partial charge in [0.15, 0.2) is 0 Å². The van der Waals surface area contributed by atoms with E-state index in [9.17, 15) is 14.4 Å². The number of nitrogens with one attached hydrogen (secondary N) is 1. The summed E-state index contributed by atoms with van der Waals surface area (Å²) in [6.45, 7) is 3.61. The predicted octanol–water partition coefficient (Wildman–Crippen LogP) is 0.185. The number of carbonyl (C=O) groups excluding carboxylic acids is 3. The number of rotatable bonds is 1. The van der Waals surface area contributed by atoms with E-state index in [-0.39, 0.29) is 24.3 Å². The van der Waals surface area contributed by atoms with Crippen LogP contribution in [0.2, 0.25) is 0 Å². The highest BCUT2D eigenvalue weighted by Crippen LogP contribution is 2.17. The fourth-order valence-corrected chi connectivity index (χ4v) is 2.32. The van der Waals surface area contributed by atoms with Crippen molar-refractivity contribution in [3.05, 3.63) is 0 Å². The van der Waals surface area contributed by atoms with E-state index in [1.54, 1.807) is 4.90 Å². The third kappa shape index (κ3) is 2.47. The molecule has 1 unspecified atom stereocenters. The van der Waals surface area contributed by atoms with Crippen LogP contribution in [0.3, 0.4) is 0 Å². The Bertz CT molecular complexity index is 375. The standard InChI is InChI=1S/C12H19N3O3/c1-8-3-5-15(6-4-8)12(18)13-9-7-10(16)14(2)11(9)17/h8-9H,3-7H2,1-2H3,(H,13,18). The minimum Gasteiger partial charge on any atom is -0.326 e. The largest absolute Gasteiger partial charge is 0.326 e. The molecular weight excluding hydrogens is 234 g/mol. The van der Waals surface area contributed by atoms with Gasteiger partial charge in [-0.2, -0.15) is 0 Å². The van der Waals surface area contributed by atoms with Gasteiger partial charge in [0.25, 0.3) is 5.91 Å². The van der Waals surface area contributed by atoms with Gasteiger partial charge < -0.3 is 10.2 Å². The molecule has 100 valence electrons. The van der Waals surface area contributed by atoms with Crippen LogP contribution in [0.25, 0.3) is 0 Å². The van der Waals surface area contributed by atoms with E-state index in [1.807, 2.05) is 0 Å². The summed E-state index contributed by atoms with van der Waals surface area (Å²) in [7, 11) is 1.44. The zero-order valence-electron chi connectivity index (χ0n) is 10.8. The molecule has 6 heteroatoms. The second-order valence-corrected chi connectivity index (χ2v) is 5.17. The lowest BCUT2D eigenvalue weighted by atomic mass is 10.00. The first-order valence-corrected chi connectivity index (χ1v) is 6.35. The van der Waals surface area contributed by atoms with Crippen molar-refractivity contribution in [2.75, 3.05) is 20.1 Å². The third-order valence-corrected chi connectivity index (χ3v) is 3.75. The van der Waals surface area contributed by atoms with Crippen LogP contribution in [0.1, 0.15) is 26.2 Å². The molecule has 0 saturated carbocycles. The molecular formula is C12H19N3O3. The van der Waals surface area contributed by atoms with E-state index < -0.39 is 6.04 Å². The molecule has 1 atom stereocenters. The summed E-state index contributed by atoms with van der Waals surface area (Å²) < 4.78 is 0. The van der Waals surface area contributed by atoms with E-state index in [0.29, 0.717) is 5.92 Å². The van der Waals surface area contributed by atoms with Crippen LogP contribution < -0.4 is 5.32 Å². The molecule has 18 heavy (non-hydrogen) atoms. The molecule has 2 rings (SSSR count). The fraction of sp³-hybridized carbons (Fsp3) is 0.750. The van der Waals surface area contributed by atoms with Gasteiger partial charge >= 0.3 is 6.03 Å². The fourth-order valence-electron chi connectivity index (χ4n) is 2.32. The molecule has 4 amide bonds. The second kappa shape index (κ2) is 4.96. The molecule has 6 nitrogen and oxygen atoms in total. The number of imide groups is 1. The van der Waals surface area contributed by atoms with Gasteiger partial charge in [0, 0.05) is 20.1 Å². The zero-order chi connectivity index (χ0) is 13.3. The van der Waals surface area contributed by atoms with Crippen LogP contribution in [-0.2, 0) is 9.59 Å². The van der Waals surface area contributed by atoms with E-state index in [2.05, 4.69) is 12.2 Å². The molecule has 2 aliphatic rings. The first-order chi connectivity index (χ1) is 8.49. The molecule has 2 heterocycles. The summed E-state index contributed by atoms with van der Waals surface area (Å²) in [6.07, 6.45) is 2.06. The van der Waals surface area contributed by atoms with Crippen LogP contribution in [0.5, 0.6) is 0 Å². The lowest BCUT2D eigenvalue weighted by Crippen LogP contribution is -2.49. The molecule has 0 radical (unpaired) electrons. The second-order valence-electron chi connectivity index (χ2n) is 5.17. The first-order valence-electron chi connectivity index (χ1n) is 6.35. The number of nitrogens with zero attached hydrogens (tertiary/aromatic N) is 2. The Morgan fingerprint density at radius 1 is 1.28 bits per heavy atom. The van der Waals surface area contributed by atoms with E-state index in [0.717, 1.165) is 30.8 Å². The topological polar surface area (TPSA) is 69.7 Å². The number of hydrogen-bond donors (Lipinski definition) is 1. The number of amides is 4. The number of likely N-dealkylation sites (tertiary alicyclic amines) is 2. The maximum absolute atomic E-state index is 12.0. The van der Waals surface area contributed by atoms with Gasteiger partial charge in [0.2, 0.25) is 5.91 Å². The molecule has 0 bridgehead atoms. The van der Waals surface area contributed by atoms with Gasteiger partial charge in [-0.1, -0.05) is 6.92 Å². The number of hydrogen-bond acceptors (Lipinski definition) is 3. The molecule has 2 saturated heterocycles. The smallest absolute Gasteiger partial charge is 0.318 e. The third-order valence-electron chi connectivity index (χ3n) is 3.75. The normalized spacial score (nSPS) is 25.8. The lowest BCUT2D eigenvalue weighted by molar-refractivity contribution is -0.137. The predicted molar refractivity (Wildman–Crippen MR) is 64.7 cm³/mol.